The lowest BCUT2D eigenvalue weighted by Gasteiger charge is -2.31. The van der Waals surface area contributed by atoms with E-state index in [0.29, 0.717) is 9.16 Å². The van der Waals surface area contributed by atoms with Crippen LogP contribution in [-0.2, 0) is 21.7 Å². The quantitative estimate of drug-likeness (QED) is 0.0439. The van der Waals surface area contributed by atoms with Crippen LogP contribution in [0.4, 0.5) is 0 Å². The van der Waals surface area contributed by atoms with E-state index in [-0.39, 0.29) is 21.7 Å². The predicted molar refractivity (Wildman–Crippen MR) is 303 cm³/mol. The second kappa shape index (κ2) is 30.1. The van der Waals surface area contributed by atoms with E-state index in [2.05, 4.69) is 194 Å². The first kappa shape index (κ1) is 58.7. The van der Waals surface area contributed by atoms with E-state index in [1.165, 1.54) is 172 Å². The van der Waals surface area contributed by atoms with Gasteiger partial charge in [0.25, 0.3) is 0 Å². The van der Waals surface area contributed by atoms with Gasteiger partial charge in [-0.3, -0.25) is 0 Å². The minimum absolute atomic E-state index is 0.142. The van der Waals surface area contributed by atoms with E-state index in [1.807, 2.05) is 0 Å². The minimum Gasteiger partial charge on any atom is -0.179 e. The molecule has 0 saturated heterocycles. The van der Waals surface area contributed by atoms with Crippen LogP contribution in [0.5, 0.6) is 0 Å². The summed E-state index contributed by atoms with van der Waals surface area (Å²) in [5.41, 5.74) is 12.8. The Morgan fingerprint density at radius 1 is 0.339 bits per heavy atom. The van der Waals surface area contributed by atoms with Crippen molar-refractivity contribution in [2.24, 2.45) is 0 Å². The zero-order chi connectivity index (χ0) is 46.4. The van der Waals surface area contributed by atoms with Crippen LogP contribution in [0.15, 0.2) is 24.3 Å². The summed E-state index contributed by atoms with van der Waals surface area (Å²) in [6, 6.07) is 10.4. The van der Waals surface area contributed by atoms with Crippen molar-refractivity contribution in [1.82, 2.24) is 0 Å². The molecule has 0 aliphatic rings. The smallest absolute Gasteiger partial charge is 0.0751 e. The van der Waals surface area contributed by atoms with Crippen molar-refractivity contribution in [3.63, 3.8) is 0 Å². The van der Waals surface area contributed by atoms with Crippen molar-refractivity contribution >= 4 is 72.3 Å². The molecule has 0 aliphatic carbocycles. The van der Waals surface area contributed by atoms with Gasteiger partial charge in [0.15, 0.2) is 0 Å². The van der Waals surface area contributed by atoms with Crippen LogP contribution in [0.3, 0.4) is 0 Å². The van der Waals surface area contributed by atoms with Crippen LogP contribution < -0.4 is 0 Å². The summed E-state index contributed by atoms with van der Waals surface area (Å²) in [6.07, 6.45) is 24.2. The van der Waals surface area contributed by atoms with Gasteiger partial charge in [0.05, 0.1) is 9.16 Å². The van der Waals surface area contributed by atoms with Gasteiger partial charge in [0, 0.05) is 0 Å². The molecule has 2 atom stereocenters. The Bertz CT molecular complexity index is 1320. The number of rotatable bonds is 31. The van der Waals surface area contributed by atoms with E-state index in [4.69, 9.17) is 0 Å². The van der Waals surface area contributed by atoms with Gasteiger partial charge in [0.1, 0.15) is 0 Å². The Labute approximate surface area is 415 Å². The third kappa shape index (κ3) is 22.6. The van der Waals surface area contributed by atoms with Crippen LogP contribution in [0.25, 0.3) is 0 Å². The molecule has 0 aromatic heterocycles. The molecule has 6 heteroatoms. The van der Waals surface area contributed by atoms with Crippen LogP contribution >= 0.6 is 72.3 Å². The standard InChI is InChI=1S/C56H98S6/c1-43-47(53(3,4)5)39-45(40-48(43)54(6,7)8)51(59-35-29-23-17-15-21-27-33-57)61-37-31-25-19-20-26-32-38-62-52(60-36-30-24-18-16-22-28-34-58)46-41-49(55(9,10)11)44(2)50(42-46)56(12,13)14/h39-42,51-52,57-58H,15-38H2,1-14H3. The fourth-order valence-electron chi connectivity index (χ4n) is 8.86. The van der Waals surface area contributed by atoms with Gasteiger partial charge in [-0.15, -0.1) is 47.0 Å². The first-order valence-corrected chi connectivity index (χ1v) is 30.6. The largest absolute Gasteiger partial charge is 0.179 e. The zero-order valence-electron chi connectivity index (χ0n) is 43.0. The summed E-state index contributed by atoms with van der Waals surface area (Å²) in [5.74, 6) is 7.12. The highest BCUT2D eigenvalue weighted by molar-refractivity contribution is 8.16. The molecule has 2 aromatic carbocycles. The molecule has 2 rings (SSSR count). The van der Waals surface area contributed by atoms with Crippen LogP contribution in [-0.4, -0.2) is 34.5 Å². The number of hydrogen-bond donors (Lipinski definition) is 2. The Balaban J connectivity index is 2.01. The molecule has 0 radical (unpaired) electrons. The van der Waals surface area contributed by atoms with Crippen molar-refractivity contribution in [3.05, 3.63) is 68.8 Å². The molecule has 358 valence electrons. The predicted octanol–water partition coefficient (Wildman–Crippen LogP) is 20.0. The first-order chi connectivity index (χ1) is 29.1. The molecule has 0 nitrogen and oxygen atoms in total. The maximum absolute atomic E-state index is 4.40. The molecular weight excluding hydrogens is 865 g/mol. The molecule has 2 unspecified atom stereocenters. The normalized spacial score (nSPS) is 13.9. The van der Waals surface area contributed by atoms with Gasteiger partial charge in [-0.25, -0.2) is 0 Å². The molecule has 0 amide bonds. The van der Waals surface area contributed by atoms with Crippen molar-refractivity contribution in [2.45, 2.75) is 243 Å². The summed E-state index contributed by atoms with van der Waals surface area (Å²) in [4.78, 5) is 0. The van der Waals surface area contributed by atoms with E-state index in [9.17, 15) is 0 Å². The average Bonchev–Trinajstić information content (AvgIpc) is 3.17. The van der Waals surface area contributed by atoms with Crippen LogP contribution in [0.2, 0.25) is 0 Å². The molecule has 62 heavy (non-hydrogen) atoms. The fraction of sp³-hybridized carbons (Fsp3) is 0.786. The highest BCUT2D eigenvalue weighted by Gasteiger charge is 2.28. The first-order valence-electron chi connectivity index (χ1n) is 25.1. The second-order valence-electron chi connectivity index (χ2n) is 22.4. The summed E-state index contributed by atoms with van der Waals surface area (Å²) >= 11 is 17.7. The average molecular weight is 964 g/mol. The Morgan fingerprint density at radius 3 is 0.726 bits per heavy atom. The van der Waals surface area contributed by atoms with Gasteiger partial charge in [-0.2, -0.15) is 25.3 Å². The molecule has 0 heterocycles. The van der Waals surface area contributed by atoms with Crippen LogP contribution in [0, 0.1) is 13.8 Å². The topological polar surface area (TPSA) is 0 Å². The summed E-state index contributed by atoms with van der Waals surface area (Å²) < 4.78 is 1.03. The van der Waals surface area contributed by atoms with E-state index in [1.54, 1.807) is 11.1 Å². The Morgan fingerprint density at radius 2 is 0.532 bits per heavy atom. The molecular formula is C56H98S6. The lowest BCUT2D eigenvalue weighted by molar-refractivity contribution is 0.559. The maximum Gasteiger partial charge on any atom is 0.0751 e. The molecule has 0 bridgehead atoms. The lowest BCUT2D eigenvalue weighted by atomic mass is 9.76. The molecule has 0 spiro atoms. The van der Waals surface area contributed by atoms with E-state index in [0.717, 1.165) is 11.5 Å². The number of hydrogen-bond acceptors (Lipinski definition) is 6. The van der Waals surface area contributed by atoms with Gasteiger partial charge >= 0.3 is 0 Å². The van der Waals surface area contributed by atoms with Crippen molar-refractivity contribution in [3.8, 4) is 0 Å². The highest BCUT2D eigenvalue weighted by atomic mass is 32.2. The molecule has 2 aromatic rings. The summed E-state index contributed by atoms with van der Waals surface area (Å²) in [5, 5.41) is 0. The Kier molecular flexibility index (Phi) is 28.5. The van der Waals surface area contributed by atoms with Gasteiger partial charge in [-0.05, 0) is 153 Å². The maximum atomic E-state index is 4.40. The fourth-order valence-corrected chi connectivity index (χ4v) is 14.9. The second-order valence-corrected chi connectivity index (χ2v) is 28.8. The molecule has 0 aliphatic heterocycles. The molecule has 0 fully saturated rings. The van der Waals surface area contributed by atoms with E-state index < -0.39 is 0 Å². The lowest BCUT2D eigenvalue weighted by Crippen LogP contribution is -2.20. The number of thioether (sulfide) groups is 4. The van der Waals surface area contributed by atoms with Crippen LogP contribution in [0.1, 0.15) is 252 Å². The Hall–Kier alpha value is 0.540. The van der Waals surface area contributed by atoms with Crippen molar-refractivity contribution < 1.29 is 0 Å². The van der Waals surface area contributed by atoms with Gasteiger partial charge in [-0.1, -0.05) is 184 Å². The summed E-state index contributed by atoms with van der Waals surface area (Å²) in [7, 11) is 0. The summed E-state index contributed by atoms with van der Waals surface area (Å²) in [6.45, 7) is 33.5. The minimum atomic E-state index is 0.142. The number of thiol groups is 2. The van der Waals surface area contributed by atoms with Crippen molar-refractivity contribution in [1.29, 1.82) is 0 Å². The number of unbranched alkanes of at least 4 members (excludes halogenated alkanes) is 15. The molecule has 0 saturated carbocycles. The zero-order valence-corrected chi connectivity index (χ0v) is 48.0. The third-order valence-corrected chi connectivity index (χ3v) is 19.0. The highest BCUT2D eigenvalue weighted by Crippen LogP contribution is 2.46. The molecule has 0 N–H and O–H groups in total. The monoisotopic (exact) mass is 963 g/mol. The SMILES string of the molecule is Cc1c(C(C)(C)C)cc(C(SCCCCCCCCS)SCCCCCCCCSC(SCCCCCCCCS)c2cc(C(C)(C)C)c(C)c(C(C)(C)C)c2)cc1C(C)(C)C. The van der Waals surface area contributed by atoms with Crippen molar-refractivity contribution in [2.75, 3.05) is 34.5 Å². The van der Waals surface area contributed by atoms with Gasteiger partial charge < -0.3 is 0 Å². The van der Waals surface area contributed by atoms with E-state index >= 15 is 0 Å². The third-order valence-electron chi connectivity index (χ3n) is 12.4. The van der Waals surface area contributed by atoms with Gasteiger partial charge in [0.2, 0.25) is 0 Å². The number of benzene rings is 2.